The largest absolute Gasteiger partial charge is 0.573 e. The molecule has 0 spiro atoms. The van der Waals surface area contributed by atoms with Gasteiger partial charge < -0.3 is 15.2 Å². The second-order valence-corrected chi connectivity index (χ2v) is 2.63. The topological polar surface area (TPSA) is 44.5 Å². The van der Waals surface area contributed by atoms with Crippen LogP contribution in [0, 0.1) is 0 Å². The highest BCUT2D eigenvalue weighted by atomic mass is 19.4. The number of ether oxygens (including phenoxy) is 2. The van der Waals surface area contributed by atoms with E-state index >= 15 is 0 Å². The SMILES string of the molecule is Nc1ccc(OC(F)F)c(OC(F)(F)F)c1. The molecular weight excluding hydrogens is 237 g/mol. The van der Waals surface area contributed by atoms with Crippen LogP contribution >= 0.6 is 0 Å². The van der Waals surface area contributed by atoms with Gasteiger partial charge in [-0.3, -0.25) is 0 Å². The minimum absolute atomic E-state index is 0.0686. The van der Waals surface area contributed by atoms with E-state index in [0.717, 1.165) is 18.2 Å². The number of benzene rings is 1. The summed E-state index contributed by atoms with van der Waals surface area (Å²) in [5, 5.41) is 0. The van der Waals surface area contributed by atoms with Crippen molar-refractivity contribution in [2.75, 3.05) is 5.73 Å². The number of nitrogens with two attached hydrogens (primary N) is 1. The van der Waals surface area contributed by atoms with E-state index in [1.807, 2.05) is 0 Å². The lowest BCUT2D eigenvalue weighted by Crippen LogP contribution is -2.18. The molecule has 2 N–H and O–H groups in total. The summed E-state index contributed by atoms with van der Waals surface area (Å²) in [6.07, 6.45) is -5.01. The second kappa shape index (κ2) is 4.42. The van der Waals surface area contributed by atoms with Gasteiger partial charge in [0, 0.05) is 11.8 Å². The summed E-state index contributed by atoms with van der Waals surface area (Å²) < 4.78 is 66.6. The van der Waals surface area contributed by atoms with Crippen LogP contribution in [0.4, 0.5) is 27.6 Å². The number of nitrogen functional groups attached to an aromatic ring is 1. The van der Waals surface area contributed by atoms with Crippen molar-refractivity contribution in [2.45, 2.75) is 13.0 Å². The summed E-state index contributed by atoms with van der Waals surface area (Å²) >= 11 is 0. The van der Waals surface area contributed by atoms with E-state index in [1.54, 1.807) is 0 Å². The van der Waals surface area contributed by atoms with Gasteiger partial charge in [-0.1, -0.05) is 0 Å². The fraction of sp³-hybridized carbons (Fsp3) is 0.250. The van der Waals surface area contributed by atoms with Gasteiger partial charge in [-0.25, -0.2) is 0 Å². The Labute approximate surface area is 86.6 Å². The van der Waals surface area contributed by atoms with Crippen LogP contribution in [-0.2, 0) is 0 Å². The van der Waals surface area contributed by atoms with E-state index < -0.39 is 24.5 Å². The van der Waals surface area contributed by atoms with Crippen LogP contribution in [0.5, 0.6) is 11.5 Å². The van der Waals surface area contributed by atoms with Crippen molar-refractivity contribution in [3.8, 4) is 11.5 Å². The zero-order valence-electron chi connectivity index (χ0n) is 7.59. The first-order valence-corrected chi connectivity index (χ1v) is 3.88. The van der Waals surface area contributed by atoms with Crippen molar-refractivity contribution in [3.63, 3.8) is 0 Å². The smallest absolute Gasteiger partial charge is 0.431 e. The minimum Gasteiger partial charge on any atom is -0.431 e. The Balaban J connectivity index is 2.98. The van der Waals surface area contributed by atoms with Crippen molar-refractivity contribution in [1.29, 1.82) is 0 Å². The third-order valence-corrected chi connectivity index (χ3v) is 1.41. The number of anilines is 1. The molecule has 0 aliphatic heterocycles. The van der Waals surface area contributed by atoms with Gasteiger partial charge in [-0.05, 0) is 12.1 Å². The lowest BCUT2D eigenvalue weighted by Gasteiger charge is -2.13. The Kier molecular flexibility index (Phi) is 3.41. The molecule has 0 aromatic heterocycles. The van der Waals surface area contributed by atoms with Gasteiger partial charge in [-0.15, -0.1) is 13.2 Å². The van der Waals surface area contributed by atoms with E-state index in [4.69, 9.17) is 5.73 Å². The van der Waals surface area contributed by atoms with Crippen LogP contribution in [0.1, 0.15) is 0 Å². The normalized spacial score (nSPS) is 11.6. The third-order valence-electron chi connectivity index (χ3n) is 1.41. The molecule has 0 unspecified atom stereocenters. The number of alkyl halides is 5. The van der Waals surface area contributed by atoms with E-state index in [0.29, 0.717) is 0 Å². The second-order valence-electron chi connectivity index (χ2n) is 2.63. The van der Waals surface area contributed by atoms with Crippen LogP contribution < -0.4 is 15.2 Å². The standard InChI is InChI=1S/C8H6F5NO2/c9-7(10)15-5-2-1-4(14)3-6(5)16-8(11,12)13/h1-3,7H,14H2. The summed E-state index contributed by atoms with van der Waals surface area (Å²) in [6.45, 7) is -3.25. The third kappa shape index (κ3) is 3.79. The molecule has 16 heavy (non-hydrogen) atoms. The Morgan fingerprint density at radius 3 is 2.25 bits per heavy atom. The first-order valence-electron chi connectivity index (χ1n) is 3.88. The van der Waals surface area contributed by atoms with Crippen molar-refractivity contribution in [2.24, 2.45) is 0 Å². The molecule has 0 atom stereocenters. The first kappa shape index (κ1) is 12.3. The molecule has 0 radical (unpaired) electrons. The van der Waals surface area contributed by atoms with Gasteiger partial charge in [0.05, 0.1) is 0 Å². The highest BCUT2D eigenvalue weighted by Crippen LogP contribution is 2.34. The lowest BCUT2D eigenvalue weighted by molar-refractivity contribution is -0.275. The number of hydrogen-bond donors (Lipinski definition) is 1. The predicted octanol–water partition coefficient (Wildman–Crippen LogP) is 2.77. The summed E-state index contributed by atoms with van der Waals surface area (Å²) in [7, 11) is 0. The van der Waals surface area contributed by atoms with Crippen molar-refractivity contribution in [3.05, 3.63) is 18.2 Å². The molecule has 0 fully saturated rings. The molecule has 1 rings (SSSR count). The molecule has 0 amide bonds. The monoisotopic (exact) mass is 243 g/mol. The average molecular weight is 243 g/mol. The molecule has 0 heterocycles. The fourth-order valence-corrected chi connectivity index (χ4v) is 0.922. The molecule has 0 aliphatic carbocycles. The molecule has 90 valence electrons. The zero-order chi connectivity index (χ0) is 12.3. The Bertz CT molecular complexity index is 366. The summed E-state index contributed by atoms with van der Waals surface area (Å²) in [5.74, 6) is -1.64. The Morgan fingerprint density at radius 1 is 1.12 bits per heavy atom. The van der Waals surface area contributed by atoms with Gasteiger partial charge in [0.25, 0.3) is 0 Å². The van der Waals surface area contributed by atoms with E-state index in [9.17, 15) is 22.0 Å². The average Bonchev–Trinajstić information content (AvgIpc) is 2.06. The maximum atomic E-state index is 11.9. The highest BCUT2D eigenvalue weighted by molar-refractivity contribution is 5.52. The molecule has 0 saturated heterocycles. The van der Waals surface area contributed by atoms with Crippen molar-refractivity contribution >= 4 is 5.69 Å². The number of rotatable bonds is 3. The fourth-order valence-electron chi connectivity index (χ4n) is 0.922. The molecule has 3 nitrogen and oxygen atoms in total. The summed E-state index contributed by atoms with van der Waals surface area (Å²) in [6, 6.07) is 2.72. The minimum atomic E-state index is -5.01. The molecule has 8 heteroatoms. The van der Waals surface area contributed by atoms with E-state index in [2.05, 4.69) is 9.47 Å². The van der Waals surface area contributed by atoms with Crippen molar-refractivity contribution in [1.82, 2.24) is 0 Å². The van der Waals surface area contributed by atoms with Crippen molar-refractivity contribution < 1.29 is 31.4 Å². The number of halogens is 5. The van der Waals surface area contributed by atoms with Gasteiger partial charge >= 0.3 is 13.0 Å². The molecule has 0 saturated carbocycles. The molecule has 0 bridgehead atoms. The number of hydrogen-bond acceptors (Lipinski definition) is 3. The molecule has 1 aromatic carbocycles. The van der Waals surface area contributed by atoms with Crippen LogP contribution in [0.2, 0.25) is 0 Å². The zero-order valence-corrected chi connectivity index (χ0v) is 7.59. The predicted molar refractivity (Wildman–Crippen MR) is 44.2 cm³/mol. The maximum absolute atomic E-state index is 11.9. The Hall–Kier alpha value is -1.73. The van der Waals surface area contributed by atoms with Crippen LogP contribution in [0.3, 0.4) is 0 Å². The van der Waals surface area contributed by atoms with Crippen LogP contribution in [-0.4, -0.2) is 13.0 Å². The molecular formula is C8H6F5NO2. The summed E-state index contributed by atoms with van der Waals surface area (Å²) in [5.41, 5.74) is 5.12. The first-order chi connectivity index (χ1) is 7.28. The quantitative estimate of drug-likeness (QED) is 0.655. The highest BCUT2D eigenvalue weighted by Gasteiger charge is 2.32. The van der Waals surface area contributed by atoms with Gasteiger partial charge in [0.15, 0.2) is 11.5 Å². The molecule has 0 aliphatic rings. The van der Waals surface area contributed by atoms with E-state index in [-0.39, 0.29) is 5.69 Å². The summed E-state index contributed by atoms with van der Waals surface area (Å²) in [4.78, 5) is 0. The van der Waals surface area contributed by atoms with Gasteiger partial charge in [0.2, 0.25) is 0 Å². The lowest BCUT2D eigenvalue weighted by atomic mass is 10.3. The van der Waals surface area contributed by atoms with Gasteiger partial charge in [0.1, 0.15) is 0 Å². The van der Waals surface area contributed by atoms with Crippen LogP contribution in [0.15, 0.2) is 18.2 Å². The maximum Gasteiger partial charge on any atom is 0.573 e. The molecule has 1 aromatic rings. The van der Waals surface area contributed by atoms with E-state index in [1.165, 1.54) is 0 Å². The van der Waals surface area contributed by atoms with Crippen LogP contribution in [0.25, 0.3) is 0 Å². The Morgan fingerprint density at radius 2 is 1.75 bits per heavy atom. The van der Waals surface area contributed by atoms with Gasteiger partial charge in [-0.2, -0.15) is 8.78 Å².